The van der Waals surface area contributed by atoms with Gasteiger partial charge in [-0.3, -0.25) is 23.5 Å². The number of hydrogen-bond acceptors (Lipinski definition) is 4. The molecule has 0 aliphatic carbocycles. The predicted octanol–water partition coefficient (Wildman–Crippen LogP) is 2.74. The summed E-state index contributed by atoms with van der Waals surface area (Å²) in [5.74, 6) is -0.600. The third-order valence-corrected chi connectivity index (χ3v) is 5.52. The molecule has 3 aromatic rings. The first-order valence-electron chi connectivity index (χ1n) is 10.6. The van der Waals surface area contributed by atoms with E-state index in [0.29, 0.717) is 22.2 Å². The van der Waals surface area contributed by atoms with Crippen molar-refractivity contribution in [2.45, 2.75) is 52.7 Å². The number of carbonyl (C=O) groups is 2. The van der Waals surface area contributed by atoms with Gasteiger partial charge in [0.25, 0.3) is 11.5 Å². The van der Waals surface area contributed by atoms with Gasteiger partial charge < -0.3 is 10.6 Å². The highest BCUT2D eigenvalue weighted by Gasteiger charge is 2.19. The molecule has 8 nitrogen and oxygen atoms in total. The van der Waals surface area contributed by atoms with Crippen LogP contribution in [0.3, 0.4) is 0 Å². The molecule has 0 spiro atoms. The van der Waals surface area contributed by atoms with Gasteiger partial charge in [0.15, 0.2) is 0 Å². The van der Waals surface area contributed by atoms with Crippen LogP contribution >= 0.6 is 0 Å². The van der Waals surface area contributed by atoms with E-state index in [1.807, 2.05) is 20.8 Å². The molecular weight excluding hydrogens is 408 g/mol. The molecule has 0 aliphatic heterocycles. The van der Waals surface area contributed by atoms with E-state index in [-0.39, 0.29) is 30.1 Å². The lowest BCUT2D eigenvalue weighted by Crippen LogP contribution is -2.42. The molecule has 8 heteroatoms. The van der Waals surface area contributed by atoms with Crippen LogP contribution in [0.2, 0.25) is 0 Å². The summed E-state index contributed by atoms with van der Waals surface area (Å²) in [4.78, 5) is 50.4. The summed E-state index contributed by atoms with van der Waals surface area (Å²) in [6.07, 6.45) is 0.798. The SMILES string of the molecule is CCn1c(=O)c2ccccc2n(CC(=O)Nc2ccc(C(=O)NC(C)(C)CC)cc2)c1=O. The van der Waals surface area contributed by atoms with Gasteiger partial charge in [0.05, 0.1) is 10.9 Å². The monoisotopic (exact) mass is 436 g/mol. The number of para-hydroxylation sites is 1. The Kier molecular flexibility index (Phi) is 6.62. The lowest BCUT2D eigenvalue weighted by molar-refractivity contribution is -0.116. The van der Waals surface area contributed by atoms with Crippen LogP contribution in [0.1, 0.15) is 44.5 Å². The van der Waals surface area contributed by atoms with Crippen LogP contribution in [-0.4, -0.2) is 26.5 Å². The number of carbonyl (C=O) groups excluding carboxylic acids is 2. The topological polar surface area (TPSA) is 102 Å². The van der Waals surface area contributed by atoms with Crippen molar-refractivity contribution in [3.05, 3.63) is 74.9 Å². The van der Waals surface area contributed by atoms with Gasteiger partial charge in [-0.1, -0.05) is 19.1 Å². The molecule has 32 heavy (non-hydrogen) atoms. The Labute approximate surface area is 185 Å². The quantitative estimate of drug-likeness (QED) is 0.594. The summed E-state index contributed by atoms with van der Waals surface area (Å²) in [5.41, 5.74) is 0.188. The Balaban J connectivity index is 1.80. The van der Waals surface area contributed by atoms with Crippen molar-refractivity contribution in [3.63, 3.8) is 0 Å². The average Bonchev–Trinajstić information content (AvgIpc) is 2.77. The van der Waals surface area contributed by atoms with Gasteiger partial charge in [0, 0.05) is 23.3 Å². The first-order valence-corrected chi connectivity index (χ1v) is 10.6. The molecule has 3 rings (SSSR count). The largest absolute Gasteiger partial charge is 0.347 e. The summed E-state index contributed by atoms with van der Waals surface area (Å²) >= 11 is 0. The van der Waals surface area contributed by atoms with Crippen LogP contribution in [0.15, 0.2) is 58.1 Å². The van der Waals surface area contributed by atoms with Gasteiger partial charge in [0.1, 0.15) is 6.54 Å². The highest BCUT2D eigenvalue weighted by Crippen LogP contribution is 2.13. The molecule has 0 atom stereocenters. The third-order valence-electron chi connectivity index (χ3n) is 5.52. The van der Waals surface area contributed by atoms with Crippen LogP contribution < -0.4 is 21.9 Å². The normalized spacial score (nSPS) is 11.4. The van der Waals surface area contributed by atoms with Crippen molar-refractivity contribution in [3.8, 4) is 0 Å². The molecule has 0 unspecified atom stereocenters. The first kappa shape index (κ1) is 23.0. The molecule has 168 valence electrons. The van der Waals surface area contributed by atoms with Crippen molar-refractivity contribution in [2.24, 2.45) is 0 Å². The fourth-order valence-corrected chi connectivity index (χ4v) is 3.32. The van der Waals surface area contributed by atoms with Crippen LogP contribution in [0.25, 0.3) is 10.9 Å². The van der Waals surface area contributed by atoms with E-state index >= 15 is 0 Å². The number of benzene rings is 2. The van der Waals surface area contributed by atoms with Crippen molar-refractivity contribution < 1.29 is 9.59 Å². The highest BCUT2D eigenvalue weighted by molar-refractivity contribution is 5.96. The van der Waals surface area contributed by atoms with E-state index in [2.05, 4.69) is 10.6 Å². The third kappa shape index (κ3) is 4.80. The lowest BCUT2D eigenvalue weighted by atomic mass is 10.0. The van der Waals surface area contributed by atoms with E-state index in [1.165, 1.54) is 4.57 Å². The lowest BCUT2D eigenvalue weighted by Gasteiger charge is -2.24. The van der Waals surface area contributed by atoms with E-state index in [4.69, 9.17) is 0 Å². The molecule has 2 N–H and O–H groups in total. The fourth-order valence-electron chi connectivity index (χ4n) is 3.32. The predicted molar refractivity (Wildman–Crippen MR) is 125 cm³/mol. The smallest absolute Gasteiger partial charge is 0.331 e. The van der Waals surface area contributed by atoms with E-state index < -0.39 is 11.6 Å². The van der Waals surface area contributed by atoms with E-state index in [1.54, 1.807) is 55.5 Å². The zero-order valence-electron chi connectivity index (χ0n) is 18.8. The van der Waals surface area contributed by atoms with Gasteiger partial charge in [-0.05, 0) is 63.6 Å². The van der Waals surface area contributed by atoms with E-state index in [9.17, 15) is 19.2 Å². The molecular formula is C24H28N4O4. The van der Waals surface area contributed by atoms with Gasteiger partial charge in [-0.2, -0.15) is 0 Å². The average molecular weight is 437 g/mol. The van der Waals surface area contributed by atoms with Crippen molar-refractivity contribution in [1.29, 1.82) is 0 Å². The van der Waals surface area contributed by atoms with Crippen LogP contribution in [0.4, 0.5) is 5.69 Å². The molecule has 0 radical (unpaired) electrons. The van der Waals surface area contributed by atoms with Crippen molar-refractivity contribution >= 4 is 28.4 Å². The molecule has 0 aliphatic rings. The zero-order valence-corrected chi connectivity index (χ0v) is 18.8. The fraction of sp³-hybridized carbons (Fsp3) is 0.333. The Morgan fingerprint density at radius 3 is 2.22 bits per heavy atom. The highest BCUT2D eigenvalue weighted by atomic mass is 16.2. The standard InChI is InChI=1S/C24H28N4O4/c1-5-24(3,4)26-21(30)16-11-13-17(14-12-16)25-20(29)15-28-19-10-8-7-9-18(19)22(31)27(6-2)23(28)32/h7-14H,5-6,15H2,1-4H3,(H,25,29)(H,26,30). The summed E-state index contributed by atoms with van der Waals surface area (Å²) < 4.78 is 2.41. The Morgan fingerprint density at radius 1 is 0.938 bits per heavy atom. The Morgan fingerprint density at radius 2 is 1.59 bits per heavy atom. The van der Waals surface area contributed by atoms with E-state index in [0.717, 1.165) is 11.0 Å². The summed E-state index contributed by atoms with van der Waals surface area (Å²) in [5, 5.41) is 6.09. The number of anilines is 1. The first-order chi connectivity index (χ1) is 15.2. The van der Waals surface area contributed by atoms with Crippen LogP contribution in [0, 0.1) is 0 Å². The van der Waals surface area contributed by atoms with Crippen LogP contribution in [-0.2, 0) is 17.9 Å². The van der Waals surface area contributed by atoms with Crippen molar-refractivity contribution in [1.82, 2.24) is 14.5 Å². The van der Waals surface area contributed by atoms with Gasteiger partial charge in [-0.25, -0.2) is 4.79 Å². The minimum Gasteiger partial charge on any atom is -0.347 e. The second-order valence-electron chi connectivity index (χ2n) is 8.25. The molecule has 1 aromatic heterocycles. The second kappa shape index (κ2) is 9.21. The number of nitrogens with one attached hydrogen (secondary N) is 2. The number of amides is 2. The van der Waals surface area contributed by atoms with Gasteiger partial charge in [-0.15, -0.1) is 0 Å². The molecule has 0 bridgehead atoms. The summed E-state index contributed by atoms with van der Waals surface area (Å²) in [6.45, 7) is 7.58. The summed E-state index contributed by atoms with van der Waals surface area (Å²) in [6, 6.07) is 13.3. The Hall–Kier alpha value is -3.68. The number of nitrogens with zero attached hydrogens (tertiary/aromatic N) is 2. The maximum atomic E-state index is 12.8. The van der Waals surface area contributed by atoms with Gasteiger partial charge in [0.2, 0.25) is 5.91 Å². The maximum absolute atomic E-state index is 12.8. The summed E-state index contributed by atoms with van der Waals surface area (Å²) in [7, 11) is 0. The number of rotatable bonds is 7. The number of fused-ring (bicyclic) bond motifs is 1. The minimum absolute atomic E-state index is 0.186. The zero-order chi connectivity index (χ0) is 23.5. The Bertz CT molecular complexity index is 1270. The second-order valence-corrected chi connectivity index (χ2v) is 8.25. The molecule has 0 saturated carbocycles. The minimum atomic E-state index is -0.531. The molecule has 1 heterocycles. The molecule has 2 amide bonds. The number of aromatic nitrogens is 2. The maximum Gasteiger partial charge on any atom is 0.331 e. The molecule has 2 aromatic carbocycles. The van der Waals surface area contributed by atoms with Crippen molar-refractivity contribution in [2.75, 3.05) is 5.32 Å². The molecule has 0 fully saturated rings. The van der Waals surface area contributed by atoms with Crippen LogP contribution in [0.5, 0.6) is 0 Å². The van der Waals surface area contributed by atoms with Gasteiger partial charge >= 0.3 is 5.69 Å². The molecule has 0 saturated heterocycles. The number of hydrogen-bond donors (Lipinski definition) is 2.